The highest BCUT2D eigenvalue weighted by molar-refractivity contribution is 5.92. The molecule has 172 valence electrons. The molecule has 2 aliphatic carbocycles. The average molecular weight is 430 g/mol. The Morgan fingerprint density at radius 1 is 1.26 bits per heavy atom. The fourth-order valence-corrected chi connectivity index (χ4v) is 6.24. The van der Waals surface area contributed by atoms with Gasteiger partial charge < -0.3 is 15.3 Å². The molecule has 0 aromatic carbocycles. The summed E-state index contributed by atoms with van der Waals surface area (Å²) in [5.41, 5.74) is 0.461. The fraction of sp³-hybridized carbons (Fsp3) is 0.720. The summed E-state index contributed by atoms with van der Waals surface area (Å²) < 4.78 is 0. The van der Waals surface area contributed by atoms with E-state index in [1.165, 1.54) is 0 Å². The van der Waals surface area contributed by atoms with E-state index in [2.05, 4.69) is 24.1 Å². The molecular weight excluding hydrogens is 390 g/mol. The molecule has 6 heteroatoms. The molecule has 0 spiro atoms. The molecule has 2 saturated carbocycles. The zero-order chi connectivity index (χ0) is 22.8. The van der Waals surface area contributed by atoms with Crippen molar-refractivity contribution in [2.24, 2.45) is 29.1 Å². The van der Waals surface area contributed by atoms with Crippen LogP contribution in [0.3, 0.4) is 0 Å². The first-order valence-corrected chi connectivity index (χ1v) is 11.9. The van der Waals surface area contributed by atoms with Crippen LogP contribution in [0.25, 0.3) is 0 Å². The summed E-state index contributed by atoms with van der Waals surface area (Å²) in [5, 5.41) is 14.7. The van der Waals surface area contributed by atoms with Gasteiger partial charge in [-0.25, -0.2) is 0 Å². The van der Waals surface area contributed by atoms with E-state index in [0.29, 0.717) is 18.8 Å². The Balaban J connectivity index is 1.75. The molecule has 2 fully saturated rings. The number of aromatic nitrogens is 1. The molecule has 1 aromatic rings. The number of pyridine rings is 1. The van der Waals surface area contributed by atoms with E-state index in [1.54, 1.807) is 18.3 Å². The van der Waals surface area contributed by atoms with Gasteiger partial charge in [0.1, 0.15) is 5.69 Å². The third-order valence-electron chi connectivity index (χ3n) is 8.21. The van der Waals surface area contributed by atoms with Crippen LogP contribution in [-0.2, 0) is 4.79 Å². The Labute approximate surface area is 186 Å². The number of aliphatic hydroxyl groups excluding tert-OH is 1. The van der Waals surface area contributed by atoms with Crippen LogP contribution in [0.1, 0.15) is 70.8 Å². The van der Waals surface area contributed by atoms with Gasteiger partial charge in [-0.2, -0.15) is 0 Å². The largest absolute Gasteiger partial charge is 0.392 e. The number of hydrogen-bond acceptors (Lipinski definition) is 4. The lowest BCUT2D eigenvalue weighted by atomic mass is 9.51. The lowest BCUT2D eigenvalue weighted by Gasteiger charge is -2.56. The monoisotopic (exact) mass is 429 g/mol. The van der Waals surface area contributed by atoms with Gasteiger partial charge in [0.15, 0.2) is 0 Å². The van der Waals surface area contributed by atoms with Crippen molar-refractivity contribution in [3.05, 3.63) is 30.1 Å². The van der Waals surface area contributed by atoms with Crippen LogP contribution in [0.4, 0.5) is 0 Å². The third kappa shape index (κ3) is 4.64. The first-order chi connectivity index (χ1) is 14.7. The van der Waals surface area contributed by atoms with Crippen molar-refractivity contribution in [2.75, 3.05) is 13.1 Å². The Bertz CT molecular complexity index is 767. The van der Waals surface area contributed by atoms with Gasteiger partial charge in [0.05, 0.1) is 6.10 Å². The molecule has 0 saturated heterocycles. The van der Waals surface area contributed by atoms with Crippen molar-refractivity contribution >= 4 is 11.8 Å². The molecule has 0 bridgehead atoms. The topological polar surface area (TPSA) is 82.5 Å². The van der Waals surface area contributed by atoms with Crippen molar-refractivity contribution in [3.8, 4) is 0 Å². The maximum atomic E-state index is 13.0. The molecule has 0 aliphatic heterocycles. The van der Waals surface area contributed by atoms with E-state index in [0.717, 1.165) is 25.7 Å². The molecule has 7 atom stereocenters. The summed E-state index contributed by atoms with van der Waals surface area (Å²) in [6, 6.07) is 5.33. The van der Waals surface area contributed by atoms with Crippen LogP contribution in [-0.4, -0.2) is 52.0 Å². The average Bonchev–Trinajstić information content (AvgIpc) is 2.76. The van der Waals surface area contributed by atoms with Gasteiger partial charge in [-0.1, -0.05) is 26.8 Å². The number of rotatable bonds is 6. The van der Waals surface area contributed by atoms with E-state index in [1.807, 2.05) is 31.7 Å². The standard InChI is InChI=1S/C25H39N3O3/c1-6-28(7-2)24(31)16(3)18-11-13-25(5)14-12-19(17(4)21(25)22(18)29)27-23(30)20-10-8-9-15-26-20/h8-10,15-19,21-22,29H,6-7,11-14H2,1-5H3,(H,27,30)/t16-,17+,18+,19-,21+,22-,25+/m0/s1. The second kappa shape index (κ2) is 9.68. The van der Waals surface area contributed by atoms with Crippen molar-refractivity contribution in [1.82, 2.24) is 15.2 Å². The zero-order valence-electron chi connectivity index (χ0n) is 19.7. The van der Waals surface area contributed by atoms with Crippen LogP contribution in [0.15, 0.2) is 24.4 Å². The first-order valence-electron chi connectivity index (χ1n) is 11.9. The molecule has 2 N–H and O–H groups in total. The number of fused-ring (bicyclic) bond motifs is 1. The van der Waals surface area contributed by atoms with Crippen molar-refractivity contribution in [1.29, 1.82) is 0 Å². The maximum absolute atomic E-state index is 13.0. The number of nitrogens with zero attached hydrogens (tertiary/aromatic N) is 2. The Kier molecular flexibility index (Phi) is 7.40. The quantitative estimate of drug-likeness (QED) is 0.725. The Morgan fingerprint density at radius 2 is 1.94 bits per heavy atom. The van der Waals surface area contributed by atoms with E-state index < -0.39 is 6.10 Å². The summed E-state index contributed by atoms with van der Waals surface area (Å²) in [7, 11) is 0. The number of aliphatic hydroxyl groups is 1. The van der Waals surface area contributed by atoms with Crippen LogP contribution < -0.4 is 5.32 Å². The third-order valence-corrected chi connectivity index (χ3v) is 8.21. The van der Waals surface area contributed by atoms with Crippen LogP contribution >= 0.6 is 0 Å². The van der Waals surface area contributed by atoms with E-state index in [-0.39, 0.29) is 46.9 Å². The number of carbonyl (C=O) groups is 2. The SMILES string of the molecule is CCN(CC)C(=O)[C@@H](C)[C@H]1CC[C@]2(C)CC[C@H](NC(=O)c3ccccn3)[C@@H](C)[C@@H]2[C@H]1O. The molecule has 2 aliphatic rings. The van der Waals surface area contributed by atoms with Crippen LogP contribution in [0.5, 0.6) is 0 Å². The molecule has 31 heavy (non-hydrogen) atoms. The normalized spacial score (nSPS) is 33.8. The molecule has 3 rings (SSSR count). The lowest BCUT2D eigenvalue weighted by Crippen LogP contribution is -2.58. The van der Waals surface area contributed by atoms with Gasteiger partial charge in [-0.3, -0.25) is 14.6 Å². The van der Waals surface area contributed by atoms with E-state index in [9.17, 15) is 14.7 Å². The molecule has 1 heterocycles. The summed E-state index contributed by atoms with van der Waals surface area (Å²) in [5.74, 6) is -0.0796. The van der Waals surface area contributed by atoms with Crippen LogP contribution in [0, 0.1) is 29.1 Å². The number of nitrogens with one attached hydrogen (secondary N) is 1. The van der Waals surface area contributed by atoms with Gasteiger partial charge in [-0.05, 0) is 74.8 Å². The number of hydrogen-bond donors (Lipinski definition) is 2. The Hall–Kier alpha value is -1.95. The van der Waals surface area contributed by atoms with Gasteiger partial charge in [0, 0.05) is 31.2 Å². The maximum Gasteiger partial charge on any atom is 0.270 e. The first kappa shape index (κ1) is 23.7. The minimum Gasteiger partial charge on any atom is -0.392 e. The highest BCUT2D eigenvalue weighted by Gasteiger charge is 2.54. The highest BCUT2D eigenvalue weighted by Crippen LogP contribution is 2.55. The zero-order valence-corrected chi connectivity index (χ0v) is 19.7. The second-order valence-electron chi connectivity index (χ2n) is 9.86. The summed E-state index contributed by atoms with van der Waals surface area (Å²) in [6.45, 7) is 11.8. The fourth-order valence-electron chi connectivity index (χ4n) is 6.24. The Morgan fingerprint density at radius 3 is 2.55 bits per heavy atom. The van der Waals surface area contributed by atoms with Crippen molar-refractivity contribution in [3.63, 3.8) is 0 Å². The van der Waals surface area contributed by atoms with Gasteiger partial charge in [-0.15, -0.1) is 0 Å². The molecule has 2 amide bonds. The molecular formula is C25H39N3O3. The molecule has 6 nitrogen and oxygen atoms in total. The highest BCUT2D eigenvalue weighted by atomic mass is 16.3. The molecule has 0 radical (unpaired) electrons. The predicted octanol–water partition coefficient (Wildman–Crippen LogP) is 3.51. The summed E-state index contributed by atoms with van der Waals surface area (Å²) >= 11 is 0. The molecule has 1 aromatic heterocycles. The minimum absolute atomic E-state index is 0.00484. The summed E-state index contributed by atoms with van der Waals surface area (Å²) in [6.07, 6.45) is 4.84. The van der Waals surface area contributed by atoms with Gasteiger partial charge in [0.25, 0.3) is 5.91 Å². The van der Waals surface area contributed by atoms with E-state index >= 15 is 0 Å². The summed E-state index contributed by atoms with van der Waals surface area (Å²) in [4.78, 5) is 31.7. The van der Waals surface area contributed by atoms with Crippen molar-refractivity contribution in [2.45, 2.75) is 72.4 Å². The lowest BCUT2D eigenvalue weighted by molar-refractivity contribution is -0.149. The smallest absolute Gasteiger partial charge is 0.270 e. The minimum atomic E-state index is -0.544. The number of carbonyl (C=O) groups excluding carboxylic acids is 2. The number of amides is 2. The second-order valence-corrected chi connectivity index (χ2v) is 9.86. The van der Waals surface area contributed by atoms with Crippen LogP contribution in [0.2, 0.25) is 0 Å². The van der Waals surface area contributed by atoms with Gasteiger partial charge in [0.2, 0.25) is 5.91 Å². The predicted molar refractivity (Wildman–Crippen MR) is 121 cm³/mol. The molecule has 0 unspecified atom stereocenters. The van der Waals surface area contributed by atoms with Gasteiger partial charge >= 0.3 is 0 Å². The van der Waals surface area contributed by atoms with E-state index in [4.69, 9.17) is 0 Å². The van der Waals surface area contributed by atoms with Crippen molar-refractivity contribution < 1.29 is 14.7 Å².